The van der Waals surface area contributed by atoms with Crippen LogP contribution in [0.15, 0.2) is 21.1 Å². The van der Waals surface area contributed by atoms with Crippen LogP contribution in [0.4, 0.5) is 0 Å². The van der Waals surface area contributed by atoms with Crippen LogP contribution in [0.1, 0.15) is 0 Å². The second kappa shape index (κ2) is 3.17. The molecule has 0 heterocycles. The van der Waals surface area contributed by atoms with Gasteiger partial charge in [0.25, 0.3) is 0 Å². The molecule has 1 aliphatic carbocycles. The smallest absolute Gasteiger partial charge is 0.116 e. The molecule has 2 N–H and O–H groups in total. The third kappa shape index (κ3) is 1.50. The number of hydrogen-bond acceptors (Lipinski definition) is 2. The fraction of sp³-hybridized carbons (Fsp3) is 0.333. The number of rotatable bonds is 0. The second-order valence-corrected chi connectivity index (χ2v) is 3.82. The van der Waals surface area contributed by atoms with Crippen LogP contribution in [-0.4, -0.2) is 22.4 Å². The predicted octanol–water partition coefficient (Wildman–Crippen LogP) is 1.28. The molecule has 0 saturated heterocycles. The predicted molar refractivity (Wildman–Crippen MR) is 46.0 cm³/mol. The molecule has 1 rings (SSSR count). The Labute approximate surface area is 75.5 Å². The first-order valence-corrected chi connectivity index (χ1v) is 4.30. The van der Waals surface area contributed by atoms with Gasteiger partial charge in [-0.15, -0.1) is 0 Å². The van der Waals surface area contributed by atoms with Crippen LogP contribution < -0.4 is 0 Å². The van der Waals surface area contributed by atoms with E-state index in [-0.39, 0.29) is 0 Å². The molecule has 0 amide bonds. The van der Waals surface area contributed by atoms with Gasteiger partial charge in [-0.1, -0.05) is 31.9 Å². The molecule has 0 fully saturated rings. The fourth-order valence-electron chi connectivity index (χ4n) is 0.658. The van der Waals surface area contributed by atoms with Crippen molar-refractivity contribution in [2.75, 3.05) is 0 Å². The Balaban J connectivity index is 2.86. The zero-order valence-electron chi connectivity index (χ0n) is 4.96. The fourth-order valence-corrected chi connectivity index (χ4v) is 1.42. The van der Waals surface area contributed by atoms with Crippen molar-refractivity contribution in [2.45, 2.75) is 12.2 Å². The van der Waals surface area contributed by atoms with Gasteiger partial charge in [0.05, 0.1) is 0 Å². The van der Waals surface area contributed by atoms with Gasteiger partial charge in [-0.2, -0.15) is 0 Å². The van der Waals surface area contributed by atoms with Crippen LogP contribution in [0.25, 0.3) is 0 Å². The molecular weight excluding hydrogens is 264 g/mol. The molecule has 0 aromatic carbocycles. The topological polar surface area (TPSA) is 40.5 Å². The highest BCUT2D eigenvalue weighted by Crippen LogP contribution is 2.26. The average molecular weight is 270 g/mol. The van der Waals surface area contributed by atoms with E-state index in [1.165, 1.54) is 0 Å². The molecule has 10 heavy (non-hydrogen) atoms. The molecule has 4 heteroatoms. The first kappa shape index (κ1) is 8.46. The van der Waals surface area contributed by atoms with E-state index >= 15 is 0 Å². The van der Waals surface area contributed by atoms with Crippen LogP contribution in [-0.2, 0) is 0 Å². The lowest BCUT2D eigenvalue weighted by atomic mass is 10.1. The SMILES string of the molecule is OC1C(Br)=CC=C(Br)C1O. The third-order valence-electron chi connectivity index (χ3n) is 1.27. The van der Waals surface area contributed by atoms with Crippen molar-refractivity contribution in [1.82, 2.24) is 0 Å². The van der Waals surface area contributed by atoms with Crippen molar-refractivity contribution < 1.29 is 10.2 Å². The maximum Gasteiger partial charge on any atom is 0.116 e. The van der Waals surface area contributed by atoms with Crippen molar-refractivity contribution in [2.24, 2.45) is 0 Å². The minimum absolute atomic E-state index is 0.600. The Bertz CT molecular complexity index is 176. The van der Waals surface area contributed by atoms with Crippen LogP contribution >= 0.6 is 31.9 Å². The molecule has 0 aliphatic heterocycles. The van der Waals surface area contributed by atoms with E-state index in [4.69, 9.17) is 0 Å². The summed E-state index contributed by atoms with van der Waals surface area (Å²) in [6.45, 7) is 0. The second-order valence-electron chi connectivity index (χ2n) is 1.99. The van der Waals surface area contributed by atoms with E-state index in [0.717, 1.165) is 0 Å². The summed E-state index contributed by atoms with van der Waals surface area (Å²) in [5.74, 6) is 0. The quantitative estimate of drug-likeness (QED) is 0.696. The Kier molecular flexibility index (Phi) is 2.68. The van der Waals surface area contributed by atoms with Gasteiger partial charge >= 0.3 is 0 Å². The van der Waals surface area contributed by atoms with Crippen molar-refractivity contribution in [3.8, 4) is 0 Å². The van der Waals surface area contributed by atoms with Gasteiger partial charge in [-0.3, -0.25) is 0 Å². The minimum atomic E-state index is -0.834. The van der Waals surface area contributed by atoms with Crippen LogP contribution in [0.3, 0.4) is 0 Å². The zero-order chi connectivity index (χ0) is 7.72. The molecule has 0 spiro atoms. The van der Waals surface area contributed by atoms with Gasteiger partial charge in [0.2, 0.25) is 0 Å². The number of halogens is 2. The third-order valence-corrected chi connectivity index (χ3v) is 2.73. The summed E-state index contributed by atoms with van der Waals surface area (Å²) in [7, 11) is 0. The molecule has 0 radical (unpaired) electrons. The summed E-state index contributed by atoms with van der Waals surface area (Å²) in [6, 6.07) is 0. The number of aliphatic hydroxyl groups is 2. The zero-order valence-corrected chi connectivity index (χ0v) is 8.13. The van der Waals surface area contributed by atoms with Crippen LogP contribution in [0.5, 0.6) is 0 Å². The molecule has 0 saturated carbocycles. The number of hydrogen-bond donors (Lipinski definition) is 2. The highest BCUT2D eigenvalue weighted by molar-refractivity contribution is 9.12. The van der Waals surface area contributed by atoms with E-state index in [2.05, 4.69) is 31.9 Å². The minimum Gasteiger partial charge on any atom is -0.385 e. The van der Waals surface area contributed by atoms with Gasteiger partial charge in [0.15, 0.2) is 0 Å². The standard InChI is InChI=1S/C6H6Br2O2/c7-3-1-2-4(8)6(10)5(3)9/h1-2,5-6,9-10H. The van der Waals surface area contributed by atoms with Crippen molar-refractivity contribution in [3.63, 3.8) is 0 Å². The molecule has 0 aromatic rings. The molecule has 0 aromatic heterocycles. The molecule has 2 atom stereocenters. The Morgan fingerprint density at radius 3 is 1.60 bits per heavy atom. The van der Waals surface area contributed by atoms with Crippen molar-refractivity contribution in [3.05, 3.63) is 21.1 Å². The largest absolute Gasteiger partial charge is 0.385 e. The average Bonchev–Trinajstić information content (AvgIpc) is 1.93. The molecular formula is C6H6Br2O2. The lowest BCUT2D eigenvalue weighted by Gasteiger charge is -2.19. The van der Waals surface area contributed by atoms with Crippen LogP contribution in [0, 0.1) is 0 Å². The first-order chi connectivity index (χ1) is 4.63. The van der Waals surface area contributed by atoms with Gasteiger partial charge < -0.3 is 10.2 Å². The maximum absolute atomic E-state index is 9.18. The molecule has 56 valence electrons. The van der Waals surface area contributed by atoms with Gasteiger partial charge in [-0.25, -0.2) is 0 Å². The molecule has 2 unspecified atom stereocenters. The van der Waals surface area contributed by atoms with E-state index in [9.17, 15) is 10.2 Å². The summed E-state index contributed by atoms with van der Waals surface area (Å²) in [5, 5.41) is 18.4. The maximum atomic E-state index is 9.18. The van der Waals surface area contributed by atoms with Gasteiger partial charge in [0.1, 0.15) is 12.2 Å². The van der Waals surface area contributed by atoms with Crippen LogP contribution in [0.2, 0.25) is 0 Å². The van der Waals surface area contributed by atoms with E-state index < -0.39 is 12.2 Å². The summed E-state index contributed by atoms with van der Waals surface area (Å²) in [4.78, 5) is 0. The lowest BCUT2D eigenvalue weighted by Crippen LogP contribution is -2.27. The van der Waals surface area contributed by atoms with Crippen molar-refractivity contribution >= 4 is 31.9 Å². The normalized spacial score (nSPS) is 33.2. The lowest BCUT2D eigenvalue weighted by molar-refractivity contribution is 0.0755. The highest BCUT2D eigenvalue weighted by atomic mass is 79.9. The Morgan fingerprint density at radius 1 is 1.00 bits per heavy atom. The molecule has 0 bridgehead atoms. The van der Waals surface area contributed by atoms with Gasteiger partial charge in [-0.05, 0) is 12.2 Å². The number of allylic oxidation sites excluding steroid dienone is 2. The number of aliphatic hydroxyl groups excluding tert-OH is 2. The Morgan fingerprint density at radius 2 is 1.30 bits per heavy atom. The molecule has 2 nitrogen and oxygen atoms in total. The summed E-state index contributed by atoms with van der Waals surface area (Å²) in [5.41, 5.74) is 0. The summed E-state index contributed by atoms with van der Waals surface area (Å²) < 4.78 is 1.20. The first-order valence-electron chi connectivity index (χ1n) is 2.72. The van der Waals surface area contributed by atoms with Gasteiger partial charge in [0, 0.05) is 8.96 Å². The van der Waals surface area contributed by atoms with E-state index in [1.54, 1.807) is 12.2 Å². The monoisotopic (exact) mass is 268 g/mol. The Hall–Kier alpha value is 0.360. The molecule has 1 aliphatic rings. The van der Waals surface area contributed by atoms with E-state index in [1.807, 2.05) is 0 Å². The van der Waals surface area contributed by atoms with E-state index in [0.29, 0.717) is 8.96 Å². The highest BCUT2D eigenvalue weighted by Gasteiger charge is 2.23. The summed E-state index contributed by atoms with van der Waals surface area (Å²) in [6.07, 6.45) is 1.72. The summed E-state index contributed by atoms with van der Waals surface area (Å²) >= 11 is 6.21. The van der Waals surface area contributed by atoms with Crippen molar-refractivity contribution in [1.29, 1.82) is 0 Å².